The van der Waals surface area contributed by atoms with Crippen LogP contribution in [0.1, 0.15) is 21.9 Å². The van der Waals surface area contributed by atoms with Gasteiger partial charge in [0.1, 0.15) is 16.5 Å². The molecule has 0 spiro atoms. The predicted molar refractivity (Wildman–Crippen MR) is 114 cm³/mol. The fourth-order valence-electron chi connectivity index (χ4n) is 2.73. The molecule has 9 nitrogen and oxygen atoms in total. The normalized spacial score (nSPS) is 11.9. The summed E-state index contributed by atoms with van der Waals surface area (Å²) in [6.45, 7) is 3.39. The van der Waals surface area contributed by atoms with E-state index in [2.05, 4.69) is 4.98 Å². The van der Waals surface area contributed by atoms with Gasteiger partial charge in [0.15, 0.2) is 0 Å². The van der Waals surface area contributed by atoms with Gasteiger partial charge in [-0.3, -0.25) is 19.5 Å². The van der Waals surface area contributed by atoms with Gasteiger partial charge < -0.3 is 4.57 Å². The number of aromatic nitrogens is 2. The van der Waals surface area contributed by atoms with E-state index in [-0.39, 0.29) is 38.6 Å². The summed E-state index contributed by atoms with van der Waals surface area (Å²) in [4.78, 5) is 27.6. The molecule has 1 unspecified atom stereocenters. The molecule has 3 rings (SSSR count). The SMILES string of the molecule is Cc1ccc(N(C(=O)c2cn(-c3cc([N+](=O)[O-])c(Cl)cc3Cl)c(C)n2)S(=O)O)cc1. The van der Waals surface area contributed by atoms with Crippen molar-refractivity contribution < 1.29 is 18.5 Å². The molecule has 30 heavy (non-hydrogen) atoms. The number of aryl methyl sites for hydroxylation is 2. The van der Waals surface area contributed by atoms with E-state index in [1.165, 1.54) is 29.0 Å². The first-order valence-corrected chi connectivity index (χ1v) is 10.1. The van der Waals surface area contributed by atoms with Gasteiger partial charge in [-0.15, -0.1) is 0 Å². The second kappa shape index (κ2) is 8.52. The van der Waals surface area contributed by atoms with Crippen LogP contribution in [0.2, 0.25) is 10.0 Å². The number of nitrogens with zero attached hydrogens (tertiary/aromatic N) is 4. The predicted octanol–water partition coefficient (Wildman–Crippen LogP) is 4.49. The number of benzene rings is 2. The number of carbonyl (C=O) groups excluding carboxylic acids is 1. The highest BCUT2D eigenvalue weighted by atomic mass is 35.5. The number of anilines is 1. The number of halogens is 2. The topological polar surface area (TPSA) is 119 Å². The second-order valence-electron chi connectivity index (χ2n) is 6.22. The zero-order valence-electron chi connectivity index (χ0n) is 15.6. The molecule has 0 aliphatic rings. The molecule has 1 atom stereocenters. The van der Waals surface area contributed by atoms with E-state index in [1.807, 2.05) is 6.92 Å². The van der Waals surface area contributed by atoms with Crippen LogP contribution in [0.15, 0.2) is 42.6 Å². The van der Waals surface area contributed by atoms with E-state index in [0.717, 1.165) is 11.6 Å². The van der Waals surface area contributed by atoms with Crippen LogP contribution >= 0.6 is 23.2 Å². The standard InChI is InChI=1S/C18H14Cl2N4O5S/c1-10-3-5-12(6-4-10)23(30(28)29)18(25)15-9-22(11(2)21-15)16-8-17(24(26)27)14(20)7-13(16)19/h3-9H,1-2H3,(H,28,29). The highest BCUT2D eigenvalue weighted by Gasteiger charge is 2.27. The molecule has 0 radical (unpaired) electrons. The Morgan fingerprint density at radius 2 is 1.83 bits per heavy atom. The Labute approximate surface area is 183 Å². The maximum Gasteiger partial charge on any atom is 0.292 e. The number of nitro benzene ring substituents is 1. The van der Waals surface area contributed by atoms with E-state index in [0.29, 0.717) is 4.31 Å². The molecule has 1 amide bonds. The smallest absolute Gasteiger partial charge is 0.292 e. The van der Waals surface area contributed by atoms with Crippen molar-refractivity contribution in [3.63, 3.8) is 0 Å². The zero-order valence-corrected chi connectivity index (χ0v) is 17.9. The van der Waals surface area contributed by atoms with Gasteiger partial charge in [-0.1, -0.05) is 40.9 Å². The molecular weight excluding hydrogens is 455 g/mol. The van der Waals surface area contributed by atoms with Crippen LogP contribution < -0.4 is 4.31 Å². The maximum atomic E-state index is 12.9. The molecule has 0 saturated carbocycles. The van der Waals surface area contributed by atoms with Crippen molar-refractivity contribution in [3.8, 4) is 5.69 Å². The van der Waals surface area contributed by atoms with E-state index in [1.54, 1.807) is 19.1 Å². The van der Waals surface area contributed by atoms with E-state index in [9.17, 15) is 23.7 Å². The first-order chi connectivity index (χ1) is 14.1. The van der Waals surface area contributed by atoms with Crippen LogP contribution in [0.5, 0.6) is 0 Å². The van der Waals surface area contributed by atoms with Crippen molar-refractivity contribution in [1.29, 1.82) is 0 Å². The summed E-state index contributed by atoms with van der Waals surface area (Å²) in [7, 11) is 0. The summed E-state index contributed by atoms with van der Waals surface area (Å²) in [5, 5.41) is 11.2. The molecule has 3 aromatic rings. The zero-order chi connectivity index (χ0) is 22.2. The van der Waals surface area contributed by atoms with Gasteiger partial charge in [0.05, 0.1) is 21.3 Å². The number of amides is 1. The fraction of sp³-hybridized carbons (Fsp3) is 0.111. The second-order valence-corrected chi connectivity index (χ2v) is 7.86. The van der Waals surface area contributed by atoms with Crippen molar-refractivity contribution >= 4 is 51.8 Å². The lowest BCUT2D eigenvalue weighted by Crippen LogP contribution is -2.32. The molecule has 1 aromatic heterocycles. The molecular formula is C18H14Cl2N4O5S. The van der Waals surface area contributed by atoms with Crippen molar-refractivity contribution in [1.82, 2.24) is 9.55 Å². The van der Waals surface area contributed by atoms with Crippen LogP contribution in [0, 0.1) is 24.0 Å². The average molecular weight is 469 g/mol. The molecule has 0 bridgehead atoms. The number of nitro groups is 1. The van der Waals surface area contributed by atoms with Gasteiger partial charge in [0, 0.05) is 12.3 Å². The Balaban J connectivity index is 2.06. The van der Waals surface area contributed by atoms with Gasteiger partial charge in [-0.05, 0) is 32.0 Å². The fourth-order valence-corrected chi connectivity index (χ4v) is 3.81. The van der Waals surface area contributed by atoms with Crippen LogP contribution in [0.4, 0.5) is 11.4 Å². The van der Waals surface area contributed by atoms with Crippen LogP contribution in [-0.2, 0) is 11.3 Å². The third kappa shape index (κ3) is 4.21. The Hall–Kier alpha value is -2.79. The molecule has 0 aliphatic carbocycles. The molecule has 1 N–H and O–H groups in total. The van der Waals surface area contributed by atoms with Gasteiger partial charge in [-0.2, -0.15) is 0 Å². The lowest BCUT2D eigenvalue weighted by Gasteiger charge is -2.16. The van der Waals surface area contributed by atoms with Crippen LogP contribution in [-0.4, -0.2) is 29.1 Å². The minimum Gasteiger partial charge on any atom is -0.301 e. The summed E-state index contributed by atoms with van der Waals surface area (Å²) in [6.07, 6.45) is 1.28. The van der Waals surface area contributed by atoms with Gasteiger partial charge >= 0.3 is 0 Å². The third-order valence-corrected chi connectivity index (χ3v) is 5.48. The molecule has 12 heteroatoms. The lowest BCUT2D eigenvalue weighted by atomic mass is 10.2. The molecule has 2 aromatic carbocycles. The van der Waals surface area contributed by atoms with Gasteiger partial charge in [0.25, 0.3) is 22.9 Å². The van der Waals surface area contributed by atoms with E-state index in [4.69, 9.17) is 23.2 Å². The number of rotatable bonds is 5. The van der Waals surface area contributed by atoms with Crippen molar-refractivity contribution in [2.45, 2.75) is 13.8 Å². The van der Waals surface area contributed by atoms with Crippen LogP contribution in [0.3, 0.4) is 0 Å². The third-order valence-electron chi connectivity index (χ3n) is 4.18. The summed E-state index contributed by atoms with van der Waals surface area (Å²) in [5.41, 5.74) is 0.788. The quantitative estimate of drug-likeness (QED) is 0.334. The minimum absolute atomic E-state index is 0.103. The lowest BCUT2D eigenvalue weighted by molar-refractivity contribution is -0.384. The first-order valence-electron chi connectivity index (χ1n) is 8.32. The highest BCUT2D eigenvalue weighted by Crippen LogP contribution is 2.33. The van der Waals surface area contributed by atoms with Crippen molar-refractivity contribution in [3.05, 3.63) is 79.8 Å². The van der Waals surface area contributed by atoms with Gasteiger partial charge in [0.2, 0.25) is 0 Å². The molecule has 0 fully saturated rings. The van der Waals surface area contributed by atoms with Crippen molar-refractivity contribution in [2.75, 3.05) is 4.31 Å². The molecule has 1 heterocycles. The van der Waals surface area contributed by atoms with E-state index >= 15 is 0 Å². The number of imidazole rings is 1. The highest BCUT2D eigenvalue weighted by molar-refractivity contribution is 7.81. The summed E-state index contributed by atoms with van der Waals surface area (Å²) in [5.74, 6) is -0.550. The first kappa shape index (κ1) is 21.9. The van der Waals surface area contributed by atoms with Crippen molar-refractivity contribution in [2.24, 2.45) is 0 Å². The maximum absolute atomic E-state index is 12.9. The number of hydrogen-bond acceptors (Lipinski definition) is 5. The molecule has 0 saturated heterocycles. The summed E-state index contributed by atoms with van der Waals surface area (Å²) < 4.78 is 23.6. The Morgan fingerprint density at radius 1 is 1.20 bits per heavy atom. The average Bonchev–Trinajstić information content (AvgIpc) is 3.04. The van der Waals surface area contributed by atoms with Crippen LogP contribution in [0.25, 0.3) is 5.69 Å². The Morgan fingerprint density at radius 3 is 2.40 bits per heavy atom. The van der Waals surface area contributed by atoms with Gasteiger partial charge in [-0.25, -0.2) is 13.5 Å². The largest absolute Gasteiger partial charge is 0.301 e. The summed E-state index contributed by atoms with van der Waals surface area (Å²) in [6, 6.07) is 8.83. The summed E-state index contributed by atoms with van der Waals surface area (Å²) >= 11 is 9.40. The Bertz CT molecular complexity index is 1180. The molecule has 156 valence electrons. The molecule has 0 aliphatic heterocycles. The number of hydrogen-bond donors (Lipinski definition) is 1. The Kier molecular flexibility index (Phi) is 6.22. The minimum atomic E-state index is -2.65. The number of carbonyl (C=O) groups is 1. The van der Waals surface area contributed by atoms with E-state index < -0.39 is 22.1 Å². The monoisotopic (exact) mass is 468 g/mol.